The SMILES string of the molecule is CNC(=O)C(NC(=O)CN(CCO)CC(C)(C)C)c1ccccc1. The van der Waals surface area contributed by atoms with Gasteiger partial charge in [0.2, 0.25) is 11.8 Å². The predicted octanol–water partition coefficient (Wildman–Crippen LogP) is 0.930. The number of nitrogens with one attached hydrogen (secondary N) is 2. The summed E-state index contributed by atoms with van der Waals surface area (Å²) in [6.07, 6.45) is 0. The van der Waals surface area contributed by atoms with E-state index in [1.165, 1.54) is 0 Å². The molecule has 1 aromatic carbocycles. The Bertz CT molecular complexity index is 526. The molecular weight excluding hydrogens is 306 g/mol. The smallest absolute Gasteiger partial charge is 0.246 e. The van der Waals surface area contributed by atoms with Crippen LogP contribution in [0.4, 0.5) is 0 Å². The molecule has 0 aliphatic carbocycles. The van der Waals surface area contributed by atoms with Crippen molar-refractivity contribution in [1.82, 2.24) is 15.5 Å². The Hall–Kier alpha value is -1.92. The van der Waals surface area contributed by atoms with Crippen LogP contribution in [0.5, 0.6) is 0 Å². The summed E-state index contributed by atoms with van der Waals surface area (Å²) in [5.41, 5.74) is 0.740. The molecule has 0 aliphatic heterocycles. The molecule has 1 aromatic rings. The molecule has 0 spiro atoms. The lowest BCUT2D eigenvalue weighted by atomic mass is 9.96. The lowest BCUT2D eigenvalue weighted by molar-refractivity contribution is -0.129. The molecule has 0 fully saturated rings. The molecule has 24 heavy (non-hydrogen) atoms. The molecule has 134 valence electrons. The van der Waals surface area contributed by atoms with Crippen molar-refractivity contribution in [2.45, 2.75) is 26.8 Å². The number of carbonyl (C=O) groups is 2. The Balaban J connectivity index is 2.78. The van der Waals surface area contributed by atoms with Gasteiger partial charge in [0.15, 0.2) is 0 Å². The van der Waals surface area contributed by atoms with E-state index >= 15 is 0 Å². The number of likely N-dealkylation sites (N-methyl/N-ethyl adjacent to an activating group) is 1. The van der Waals surface area contributed by atoms with Crippen molar-refractivity contribution >= 4 is 11.8 Å². The average molecular weight is 335 g/mol. The normalized spacial score (nSPS) is 12.8. The van der Waals surface area contributed by atoms with Gasteiger partial charge in [-0.05, 0) is 11.0 Å². The predicted molar refractivity (Wildman–Crippen MR) is 94.4 cm³/mol. The molecule has 0 radical (unpaired) electrons. The fourth-order valence-corrected chi connectivity index (χ4v) is 2.53. The summed E-state index contributed by atoms with van der Waals surface area (Å²) in [5.74, 6) is -0.510. The molecule has 0 bridgehead atoms. The molecule has 0 aliphatic rings. The van der Waals surface area contributed by atoms with Crippen molar-refractivity contribution < 1.29 is 14.7 Å². The second kappa shape index (κ2) is 9.39. The number of aliphatic hydroxyl groups is 1. The number of rotatable bonds is 8. The van der Waals surface area contributed by atoms with Crippen LogP contribution in [0.15, 0.2) is 30.3 Å². The van der Waals surface area contributed by atoms with Crippen molar-refractivity contribution in [3.63, 3.8) is 0 Å². The maximum atomic E-state index is 12.4. The van der Waals surface area contributed by atoms with Gasteiger partial charge < -0.3 is 15.7 Å². The molecule has 6 heteroatoms. The van der Waals surface area contributed by atoms with Gasteiger partial charge in [0, 0.05) is 20.1 Å². The van der Waals surface area contributed by atoms with Gasteiger partial charge in [-0.15, -0.1) is 0 Å². The fourth-order valence-electron chi connectivity index (χ4n) is 2.53. The molecule has 6 nitrogen and oxygen atoms in total. The monoisotopic (exact) mass is 335 g/mol. The highest BCUT2D eigenvalue weighted by Gasteiger charge is 2.24. The van der Waals surface area contributed by atoms with Crippen LogP contribution in [-0.2, 0) is 9.59 Å². The molecule has 2 amide bonds. The first-order valence-electron chi connectivity index (χ1n) is 8.16. The topological polar surface area (TPSA) is 81.7 Å². The van der Waals surface area contributed by atoms with E-state index in [0.717, 1.165) is 5.56 Å². The van der Waals surface area contributed by atoms with Crippen LogP contribution in [-0.4, -0.2) is 55.1 Å². The van der Waals surface area contributed by atoms with Crippen molar-refractivity contribution in [3.8, 4) is 0 Å². The molecule has 0 saturated carbocycles. The third-order valence-corrected chi connectivity index (χ3v) is 3.43. The molecule has 3 N–H and O–H groups in total. The van der Waals surface area contributed by atoms with Crippen LogP contribution in [0.3, 0.4) is 0 Å². The van der Waals surface area contributed by atoms with Gasteiger partial charge in [-0.1, -0.05) is 51.1 Å². The van der Waals surface area contributed by atoms with Gasteiger partial charge in [0.1, 0.15) is 6.04 Å². The molecule has 1 unspecified atom stereocenters. The number of hydrogen-bond donors (Lipinski definition) is 3. The van der Waals surface area contributed by atoms with Gasteiger partial charge in [-0.2, -0.15) is 0 Å². The number of benzene rings is 1. The van der Waals surface area contributed by atoms with E-state index in [2.05, 4.69) is 31.4 Å². The van der Waals surface area contributed by atoms with Crippen LogP contribution in [0.1, 0.15) is 32.4 Å². The lowest BCUT2D eigenvalue weighted by Crippen LogP contribution is -2.46. The lowest BCUT2D eigenvalue weighted by Gasteiger charge is -2.29. The Morgan fingerprint density at radius 3 is 2.33 bits per heavy atom. The Kier molecular flexibility index (Phi) is 7.88. The van der Waals surface area contributed by atoms with Crippen LogP contribution >= 0.6 is 0 Å². The van der Waals surface area contributed by atoms with E-state index in [1.807, 2.05) is 23.1 Å². The summed E-state index contributed by atoms with van der Waals surface area (Å²) >= 11 is 0. The standard InChI is InChI=1S/C18H29N3O3/c1-18(2,3)13-21(10-11-22)12-15(23)20-16(17(24)19-4)14-8-6-5-7-9-14/h5-9,16,22H,10-13H2,1-4H3,(H,19,24)(H,20,23). The quantitative estimate of drug-likeness (QED) is 0.660. The highest BCUT2D eigenvalue weighted by atomic mass is 16.3. The zero-order valence-corrected chi connectivity index (χ0v) is 15.0. The first-order valence-corrected chi connectivity index (χ1v) is 8.16. The van der Waals surface area contributed by atoms with Gasteiger partial charge in [-0.3, -0.25) is 14.5 Å². The number of amides is 2. The molecular formula is C18H29N3O3. The van der Waals surface area contributed by atoms with Gasteiger partial charge in [-0.25, -0.2) is 0 Å². The maximum Gasteiger partial charge on any atom is 0.246 e. The van der Waals surface area contributed by atoms with Crippen LogP contribution in [0.2, 0.25) is 0 Å². The van der Waals surface area contributed by atoms with Crippen molar-refractivity contribution in [1.29, 1.82) is 0 Å². The maximum absolute atomic E-state index is 12.4. The number of nitrogens with zero attached hydrogens (tertiary/aromatic N) is 1. The fraction of sp³-hybridized carbons (Fsp3) is 0.556. The number of aliphatic hydroxyl groups excluding tert-OH is 1. The van der Waals surface area contributed by atoms with Crippen molar-refractivity contribution in [3.05, 3.63) is 35.9 Å². The minimum atomic E-state index is -0.727. The Morgan fingerprint density at radius 2 is 1.83 bits per heavy atom. The molecule has 0 aromatic heterocycles. The van der Waals surface area contributed by atoms with Gasteiger partial charge >= 0.3 is 0 Å². The molecule has 0 heterocycles. The Labute approximate surface area is 144 Å². The first kappa shape index (κ1) is 20.1. The van der Waals surface area contributed by atoms with E-state index < -0.39 is 6.04 Å². The zero-order valence-electron chi connectivity index (χ0n) is 15.0. The Morgan fingerprint density at radius 1 is 1.21 bits per heavy atom. The van der Waals surface area contributed by atoms with E-state index in [1.54, 1.807) is 19.2 Å². The third-order valence-electron chi connectivity index (χ3n) is 3.43. The van der Waals surface area contributed by atoms with Gasteiger partial charge in [0.25, 0.3) is 0 Å². The van der Waals surface area contributed by atoms with Crippen LogP contribution < -0.4 is 10.6 Å². The summed E-state index contributed by atoms with van der Waals surface area (Å²) in [5, 5.41) is 14.6. The van der Waals surface area contributed by atoms with Crippen LogP contribution in [0, 0.1) is 5.41 Å². The number of hydrogen-bond acceptors (Lipinski definition) is 4. The summed E-state index contributed by atoms with van der Waals surface area (Å²) in [4.78, 5) is 26.4. The number of carbonyl (C=O) groups excluding carboxylic acids is 2. The zero-order chi connectivity index (χ0) is 18.2. The first-order chi connectivity index (χ1) is 11.3. The van der Waals surface area contributed by atoms with Crippen LogP contribution in [0.25, 0.3) is 0 Å². The minimum absolute atomic E-state index is 0.00900. The van der Waals surface area contributed by atoms with Gasteiger partial charge in [0.05, 0.1) is 13.2 Å². The second-order valence-electron chi connectivity index (χ2n) is 7.02. The van der Waals surface area contributed by atoms with E-state index in [-0.39, 0.29) is 30.4 Å². The second-order valence-corrected chi connectivity index (χ2v) is 7.02. The summed E-state index contributed by atoms with van der Waals surface area (Å²) in [6.45, 7) is 7.45. The molecule has 1 atom stereocenters. The summed E-state index contributed by atoms with van der Waals surface area (Å²) < 4.78 is 0. The van der Waals surface area contributed by atoms with E-state index in [0.29, 0.717) is 13.1 Å². The van der Waals surface area contributed by atoms with E-state index in [9.17, 15) is 14.7 Å². The highest BCUT2D eigenvalue weighted by Crippen LogP contribution is 2.16. The summed E-state index contributed by atoms with van der Waals surface area (Å²) in [6, 6.07) is 8.40. The van der Waals surface area contributed by atoms with E-state index in [4.69, 9.17) is 0 Å². The molecule has 0 saturated heterocycles. The minimum Gasteiger partial charge on any atom is -0.395 e. The van der Waals surface area contributed by atoms with Crippen molar-refractivity contribution in [2.75, 3.05) is 33.3 Å². The molecule has 1 rings (SSSR count). The largest absolute Gasteiger partial charge is 0.395 e. The third kappa shape index (κ3) is 7.10. The average Bonchev–Trinajstić information content (AvgIpc) is 2.51. The van der Waals surface area contributed by atoms with Crippen molar-refractivity contribution in [2.24, 2.45) is 5.41 Å². The highest BCUT2D eigenvalue weighted by molar-refractivity contribution is 5.89. The summed E-state index contributed by atoms with van der Waals surface area (Å²) in [7, 11) is 1.54.